The maximum Gasteiger partial charge on any atom is 0.339 e. The Labute approximate surface area is 173 Å². The zero-order valence-electron chi connectivity index (χ0n) is 16.4. The second-order valence-corrected chi connectivity index (χ2v) is 8.09. The highest BCUT2D eigenvalue weighted by molar-refractivity contribution is 7.13. The average molecular weight is 407 g/mol. The number of hydrogen-bond acceptors (Lipinski definition) is 6. The average Bonchev–Trinajstić information content (AvgIpc) is 3.25. The number of esters is 1. The molecule has 0 aliphatic carbocycles. The fourth-order valence-corrected chi connectivity index (χ4v) is 3.42. The fraction of sp³-hybridized carbons (Fsp3) is 0.273. The van der Waals surface area contributed by atoms with E-state index in [9.17, 15) is 14.9 Å². The lowest BCUT2D eigenvalue weighted by atomic mass is 9.90. The Morgan fingerprint density at radius 1 is 1.28 bits per heavy atom. The number of ether oxygens (including phenoxy) is 1. The monoisotopic (exact) mass is 407 g/mol. The minimum absolute atomic E-state index is 0.0929. The van der Waals surface area contributed by atoms with Crippen molar-refractivity contribution in [1.82, 2.24) is 10.3 Å². The number of rotatable bonds is 6. The molecule has 3 aromatic rings. The van der Waals surface area contributed by atoms with Crippen LogP contribution in [0.15, 0.2) is 47.8 Å². The van der Waals surface area contributed by atoms with Crippen LogP contribution in [0.3, 0.4) is 0 Å². The van der Waals surface area contributed by atoms with Crippen LogP contribution in [0.4, 0.5) is 0 Å². The zero-order chi connectivity index (χ0) is 21.0. The van der Waals surface area contributed by atoms with Gasteiger partial charge in [-0.15, -0.1) is 11.3 Å². The summed E-state index contributed by atoms with van der Waals surface area (Å²) in [5.41, 5.74) is 0.663. The topological polar surface area (TPSA) is 92.1 Å². The van der Waals surface area contributed by atoms with Crippen LogP contribution in [-0.2, 0) is 9.53 Å². The molecule has 2 heterocycles. The lowest BCUT2D eigenvalue weighted by Gasteiger charge is -2.27. The van der Waals surface area contributed by atoms with Gasteiger partial charge in [0.25, 0.3) is 5.91 Å². The van der Waals surface area contributed by atoms with Gasteiger partial charge in [0.05, 0.1) is 27.7 Å². The number of aromatic nitrogens is 1. The van der Waals surface area contributed by atoms with E-state index < -0.39 is 24.0 Å². The molecule has 1 atom stereocenters. The number of fused-ring (bicyclic) bond motifs is 1. The molecule has 148 valence electrons. The molecule has 2 aromatic heterocycles. The number of benzene rings is 1. The normalized spacial score (nSPS) is 12.9. The molecule has 3 rings (SSSR count). The highest BCUT2D eigenvalue weighted by Crippen LogP contribution is 2.28. The standard InChI is InChI=1S/C22H21N3O3S/c1-14(2)22(3,13-23)25-20(26)12-28-21(27)16-11-18(19-9-6-10-29-19)24-17-8-5-4-7-15(16)17/h4-11,14H,12H2,1-3H3,(H,25,26)/t22-/m1/s1. The van der Waals surface area contributed by atoms with Crippen molar-refractivity contribution in [2.24, 2.45) is 5.92 Å². The van der Waals surface area contributed by atoms with Crippen molar-refractivity contribution < 1.29 is 14.3 Å². The van der Waals surface area contributed by atoms with Crippen molar-refractivity contribution in [2.45, 2.75) is 26.3 Å². The second kappa shape index (κ2) is 8.41. The van der Waals surface area contributed by atoms with Gasteiger partial charge in [0.1, 0.15) is 5.54 Å². The molecule has 0 saturated heterocycles. The highest BCUT2D eigenvalue weighted by atomic mass is 32.1. The molecule has 0 radical (unpaired) electrons. The van der Waals surface area contributed by atoms with Gasteiger partial charge in [-0.05, 0) is 36.4 Å². The van der Waals surface area contributed by atoms with Crippen molar-refractivity contribution >= 4 is 34.1 Å². The molecule has 0 fully saturated rings. The predicted octanol–water partition coefficient (Wildman–Crippen LogP) is 4.17. The van der Waals surface area contributed by atoms with Crippen LogP contribution in [0.25, 0.3) is 21.5 Å². The number of carbonyl (C=O) groups excluding carboxylic acids is 2. The molecule has 6 nitrogen and oxygen atoms in total. The summed E-state index contributed by atoms with van der Waals surface area (Å²) in [7, 11) is 0. The molecule has 1 aromatic carbocycles. The van der Waals surface area contributed by atoms with E-state index in [0.29, 0.717) is 22.2 Å². The SMILES string of the molecule is CC(C)[C@@](C)(C#N)NC(=O)COC(=O)c1cc(-c2cccs2)nc2ccccc12. The number of hydrogen-bond donors (Lipinski definition) is 1. The van der Waals surface area contributed by atoms with E-state index in [0.717, 1.165) is 4.88 Å². The molecular formula is C22H21N3O3S. The number of pyridine rings is 1. The maximum atomic E-state index is 12.8. The number of amides is 1. The molecule has 1 N–H and O–H groups in total. The number of para-hydroxylation sites is 1. The smallest absolute Gasteiger partial charge is 0.339 e. The first kappa shape index (κ1) is 20.5. The van der Waals surface area contributed by atoms with Crippen molar-refractivity contribution in [3.8, 4) is 16.6 Å². The van der Waals surface area contributed by atoms with E-state index in [1.807, 2.05) is 49.6 Å². The summed E-state index contributed by atoms with van der Waals surface area (Å²) in [5.74, 6) is -1.22. The Morgan fingerprint density at radius 2 is 2.03 bits per heavy atom. The number of nitrogens with zero attached hydrogens (tertiary/aromatic N) is 2. The molecule has 0 aliphatic rings. The minimum Gasteiger partial charge on any atom is -0.452 e. The van der Waals surface area contributed by atoms with E-state index in [2.05, 4.69) is 16.4 Å². The fourth-order valence-electron chi connectivity index (χ4n) is 2.73. The van der Waals surface area contributed by atoms with Crippen LogP contribution in [0.5, 0.6) is 0 Å². The molecule has 0 spiro atoms. The zero-order valence-corrected chi connectivity index (χ0v) is 17.2. The van der Waals surface area contributed by atoms with Gasteiger partial charge in [0, 0.05) is 5.39 Å². The first-order chi connectivity index (χ1) is 13.8. The van der Waals surface area contributed by atoms with Crippen molar-refractivity contribution in [1.29, 1.82) is 5.26 Å². The number of nitriles is 1. The van der Waals surface area contributed by atoms with Gasteiger partial charge < -0.3 is 10.1 Å². The third kappa shape index (κ3) is 4.44. The first-order valence-corrected chi connectivity index (χ1v) is 10.0. The first-order valence-electron chi connectivity index (χ1n) is 9.17. The van der Waals surface area contributed by atoms with Gasteiger partial charge in [0.15, 0.2) is 6.61 Å². The number of nitrogens with one attached hydrogen (secondary N) is 1. The van der Waals surface area contributed by atoms with Crippen LogP contribution < -0.4 is 5.32 Å². The van der Waals surface area contributed by atoms with Crippen LogP contribution >= 0.6 is 11.3 Å². The van der Waals surface area contributed by atoms with Gasteiger partial charge in [-0.2, -0.15) is 5.26 Å². The highest BCUT2D eigenvalue weighted by Gasteiger charge is 2.30. The van der Waals surface area contributed by atoms with E-state index >= 15 is 0 Å². The summed E-state index contributed by atoms with van der Waals surface area (Å²) >= 11 is 1.53. The molecule has 7 heteroatoms. The summed E-state index contributed by atoms with van der Waals surface area (Å²) in [5, 5.41) is 14.5. The molecule has 0 aliphatic heterocycles. The summed E-state index contributed by atoms with van der Waals surface area (Å²) in [6, 6.07) is 14.9. The van der Waals surface area contributed by atoms with Gasteiger partial charge in [-0.25, -0.2) is 9.78 Å². The summed E-state index contributed by atoms with van der Waals surface area (Å²) in [4.78, 5) is 30.5. The van der Waals surface area contributed by atoms with E-state index in [1.165, 1.54) is 11.3 Å². The third-order valence-electron chi connectivity index (χ3n) is 4.83. The lowest BCUT2D eigenvalue weighted by molar-refractivity contribution is -0.125. The van der Waals surface area contributed by atoms with Gasteiger partial charge in [-0.3, -0.25) is 4.79 Å². The van der Waals surface area contributed by atoms with Crippen molar-refractivity contribution in [3.05, 3.63) is 53.4 Å². The Balaban J connectivity index is 1.82. The summed E-state index contributed by atoms with van der Waals surface area (Å²) in [6.45, 7) is 4.85. The molecule has 0 bridgehead atoms. The van der Waals surface area contributed by atoms with Crippen LogP contribution in [0.1, 0.15) is 31.1 Å². The molecule has 0 saturated carbocycles. The summed E-state index contributed by atoms with van der Waals surface area (Å²) < 4.78 is 5.26. The summed E-state index contributed by atoms with van der Waals surface area (Å²) in [6.07, 6.45) is 0. The van der Waals surface area contributed by atoms with Crippen LogP contribution in [0.2, 0.25) is 0 Å². The molecule has 29 heavy (non-hydrogen) atoms. The Morgan fingerprint density at radius 3 is 2.69 bits per heavy atom. The molecule has 0 unspecified atom stereocenters. The number of carbonyl (C=O) groups is 2. The third-order valence-corrected chi connectivity index (χ3v) is 5.72. The number of thiophene rings is 1. The van der Waals surface area contributed by atoms with Gasteiger partial charge in [0.2, 0.25) is 0 Å². The van der Waals surface area contributed by atoms with Gasteiger partial charge in [-0.1, -0.05) is 38.1 Å². The van der Waals surface area contributed by atoms with E-state index in [4.69, 9.17) is 4.74 Å². The van der Waals surface area contributed by atoms with E-state index in [-0.39, 0.29) is 5.92 Å². The van der Waals surface area contributed by atoms with Crippen molar-refractivity contribution in [3.63, 3.8) is 0 Å². The Kier molecular flexibility index (Phi) is 5.95. The largest absolute Gasteiger partial charge is 0.452 e. The van der Waals surface area contributed by atoms with Crippen LogP contribution in [-0.4, -0.2) is 29.0 Å². The molecular weight excluding hydrogens is 386 g/mol. The second-order valence-electron chi connectivity index (χ2n) is 7.14. The van der Waals surface area contributed by atoms with Crippen molar-refractivity contribution in [2.75, 3.05) is 6.61 Å². The molecule has 1 amide bonds. The maximum absolute atomic E-state index is 12.8. The van der Waals surface area contributed by atoms with Crippen LogP contribution in [0, 0.1) is 17.2 Å². The minimum atomic E-state index is -1.03. The lowest BCUT2D eigenvalue weighted by Crippen LogP contribution is -2.50. The predicted molar refractivity (Wildman–Crippen MR) is 112 cm³/mol. The van der Waals surface area contributed by atoms with E-state index in [1.54, 1.807) is 19.1 Å². The Bertz CT molecular complexity index is 1090. The quantitative estimate of drug-likeness (QED) is 0.619. The Hall–Kier alpha value is -3.24. The van der Waals surface area contributed by atoms with Gasteiger partial charge >= 0.3 is 5.97 Å².